The highest BCUT2D eigenvalue weighted by Crippen LogP contribution is 2.16. The molecule has 1 atom stereocenters. The zero-order valence-corrected chi connectivity index (χ0v) is 10.9. The molecule has 0 aromatic carbocycles. The molecule has 1 heterocycles. The lowest BCUT2D eigenvalue weighted by Gasteiger charge is -2.26. The van der Waals surface area contributed by atoms with E-state index in [-0.39, 0.29) is 24.8 Å². The summed E-state index contributed by atoms with van der Waals surface area (Å²) in [6.45, 7) is 1.95. The first-order valence-electron chi connectivity index (χ1n) is 6.24. The number of carbonyl (C=O) groups excluding carboxylic acids is 1. The van der Waals surface area contributed by atoms with Gasteiger partial charge in [0.15, 0.2) is 0 Å². The Kier molecular flexibility index (Phi) is 5.55. The molecule has 4 N–H and O–H groups in total. The molecule has 1 aromatic rings. The van der Waals surface area contributed by atoms with Crippen molar-refractivity contribution >= 4 is 5.91 Å². The topological polar surface area (TPSA) is 109 Å². The predicted octanol–water partition coefficient (Wildman–Crippen LogP) is 0.530. The second kappa shape index (κ2) is 6.92. The van der Waals surface area contributed by atoms with Crippen LogP contribution >= 0.6 is 0 Å². The monoisotopic (exact) mass is 265 g/mol. The lowest BCUT2D eigenvalue weighted by atomic mass is 9.94. The van der Waals surface area contributed by atoms with Crippen LogP contribution in [-0.2, 0) is 0 Å². The van der Waals surface area contributed by atoms with Crippen molar-refractivity contribution in [1.29, 1.82) is 5.26 Å². The molecule has 0 aliphatic heterocycles. The average molecular weight is 265 g/mol. The van der Waals surface area contributed by atoms with Crippen molar-refractivity contribution in [2.75, 3.05) is 13.2 Å². The minimum Gasteiger partial charge on any atom is -0.396 e. The van der Waals surface area contributed by atoms with Gasteiger partial charge in [-0.15, -0.1) is 0 Å². The summed E-state index contributed by atoms with van der Waals surface area (Å²) in [6.07, 6.45) is 2.85. The summed E-state index contributed by atoms with van der Waals surface area (Å²) in [7, 11) is 0. The molecule has 6 nitrogen and oxygen atoms in total. The Hall–Kier alpha value is -1.84. The van der Waals surface area contributed by atoms with Crippen molar-refractivity contribution in [3.63, 3.8) is 0 Å². The van der Waals surface area contributed by atoms with Crippen LogP contribution < -0.4 is 5.32 Å². The van der Waals surface area contributed by atoms with Gasteiger partial charge in [0, 0.05) is 19.3 Å². The minimum absolute atomic E-state index is 0.0123. The predicted molar refractivity (Wildman–Crippen MR) is 69.4 cm³/mol. The van der Waals surface area contributed by atoms with Gasteiger partial charge in [-0.2, -0.15) is 5.26 Å². The van der Waals surface area contributed by atoms with Gasteiger partial charge in [0.1, 0.15) is 11.8 Å². The molecule has 0 aliphatic rings. The Morgan fingerprint density at radius 3 is 2.89 bits per heavy atom. The number of nitrogens with zero attached hydrogens (tertiary/aromatic N) is 1. The SMILES string of the molecule is CCC(O)(CCCO)CNC(=O)c1cc(C#N)c[nH]1. The van der Waals surface area contributed by atoms with Crippen molar-refractivity contribution < 1.29 is 15.0 Å². The first kappa shape index (κ1) is 15.2. The van der Waals surface area contributed by atoms with Gasteiger partial charge in [0.25, 0.3) is 5.91 Å². The summed E-state index contributed by atoms with van der Waals surface area (Å²) in [5.74, 6) is -0.364. The van der Waals surface area contributed by atoms with Crippen molar-refractivity contribution in [2.45, 2.75) is 31.8 Å². The van der Waals surface area contributed by atoms with E-state index < -0.39 is 5.60 Å². The molecule has 1 rings (SSSR count). The Morgan fingerprint density at radius 2 is 2.37 bits per heavy atom. The van der Waals surface area contributed by atoms with E-state index in [9.17, 15) is 9.90 Å². The highest BCUT2D eigenvalue weighted by Gasteiger charge is 2.25. The standard InChI is InChI=1S/C13H19N3O3/c1-2-13(19,4-3-5-17)9-16-12(18)11-6-10(7-14)8-15-11/h6,8,15,17,19H,2-5,9H2,1H3,(H,16,18). The molecular weight excluding hydrogens is 246 g/mol. The van der Waals surface area contributed by atoms with E-state index in [1.165, 1.54) is 12.3 Å². The molecular formula is C13H19N3O3. The van der Waals surface area contributed by atoms with Crippen LogP contribution in [0.2, 0.25) is 0 Å². The number of nitriles is 1. The summed E-state index contributed by atoms with van der Waals surface area (Å²) in [5.41, 5.74) is -0.336. The molecule has 0 radical (unpaired) electrons. The molecule has 1 amide bonds. The fraction of sp³-hybridized carbons (Fsp3) is 0.538. The Morgan fingerprint density at radius 1 is 1.63 bits per heavy atom. The summed E-state index contributed by atoms with van der Waals surface area (Å²) in [5, 5.41) is 30.3. The van der Waals surface area contributed by atoms with E-state index in [1.807, 2.05) is 13.0 Å². The van der Waals surface area contributed by atoms with Gasteiger partial charge in [-0.3, -0.25) is 4.79 Å². The number of aliphatic hydroxyl groups excluding tert-OH is 1. The fourth-order valence-corrected chi connectivity index (χ4v) is 1.73. The number of aromatic nitrogens is 1. The molecule has 0 spiro atoms. The summed E-state index contributed by atoms with van der Waals surface area (Å²) >= 11 is 0. The third-order valence-corrected chi connectivity index (χ3v) is 3.09. The van der Waals surface area contributed by atoms with E-state index in [0.717, 1.165) is 0 Å². The smallest absolute Gasteiger partial charge is 0.267 e. The zero-order valence-electron chi connectivity index (χ0n) is 10.9. The van der Waals surface area contributed by atoms with Crippen LogP contribution in [0.4, 0.5) is 0 Å². The van der Waals surface area contributed by atoms with Crippen molar-refractivity contribution in [2.24, 2.45) is 0 Å². The summed E-state index contributed by atoms with van der Waals surface area (Å²) in [4.78, 5) is 14.5. The van der Waals surface area contributed by atoms with Crippen LogP contribution in [-0.4, -0.2) is 39.9 Å². The molecule has 0 saturated carbocycles. The number of hydrogen-bond acceptors (Lipinski definition) is 4. The molecule has 1 unspecified atom stereocenters. The fourth-order valence-electron chi connectivity index (χ4n) is 1.73. The van der Waals surface area contributed by atoms with Crippen molar-refractivity contribution in [1.82, 2.24) is 10.3 Å². The minimum atomic E-state index is -1.01. The molecule has 1 aromatic heterocycles. The largest absolute Gasteiger partial charge is 0.396 e. The molecule has 0 bridgehead atoms. The van der Waals surface area contributed by atoms with Crippen LogP contribution in [0.15, 0.2) is 12.3 Å². The number of aliphatic hydroxyl groups is 2. The lowest BCUT2D eigenvalue weighted by molar-refractivity contribution is 0.0212. The highest BCUT2D eigenvalue weighted by atomic mass is 16.3. The van der Waals surface area contributed by atoms with Gasteiger partial charge in [0.2, 0.25) is 0 Å². The number of hydrogen-bond donors (Lipinski definition) is 4. The first-order chi connectivity index (χ1) is 9.04. The number of rotatable bonds is 7. The second-order valence-corrected chi connectivity index (χ2v) is 4.50. The van der Waals surface area contributed by atoms with Crippen LogP contribution in [0.1, 0.15) is 42.2 Å². The van der Waals surface area contributed by atoms with Crippen LogP contribution in [0.3, 0.4) is 0 Å². The van der Waals surface area contributed by atoms with Crippen LogP contribution in [0, 0.1) is 11.3 Å². The molecule has 0 saturated heterocycles. The Balaban J connectivity index is 2.55. The number of amides is 1. The van der Waals surface area contributed by atoms with E-state index in [2.05, 4.69) is 10.3 Å². The quantitative estimate of drug-likeness (QED) is 0.576. The molecule has 104 valence electrons. The van der Waals surface area contributed by atoms with Gasteiger partial charge in [-0.05, 0) is 25.3 Å². The van der Waals surface area contributed by atoms with Gasteiger partial charge in [0.05, 0.1) is 11.2 Å². The van der Waals surface area contributed by atoms with E-state index in [4.69, 9.17) is 10.4 Å². The van der Waals surface area contributed by atoms with Crippen LogP contribution in [0.25, 0.3) is 0 Å². The van der Waals surface area contributed by atoms with Crippen LogP contribution in [0.5, 0.6) is 0 Å². The third-order valence-electron chi connectivity index (χ3n) is 3.09. The lowest BCUT2D eigenvalue weighted by Crippen LogP contribution is -2.42. The highest BCUT2D eigenvalue weighted by molar-refractivity contribution is 5.92. The number of aromatic amines is 1. The average Bonchev–Trinajstić information content (AvgIpc) is 2.91. The van der Waals surface area contributed by atoms with E-state index >= 15 is 0 Å². The maximum absolute atomic E-state index is 11.8. The molecule has 0 fully saturated rings. The molecule has 0 aliphatic carbocycles. The third kappa shape index (κ3) is 4.39. The molecule has 6 heteroatoms. The van der Waals surface area contributed by atoms with Gasteiger partial charge < -0.3 is 20.5 Å². The maximum Gasteiger partial charge on any atom is 0.267 e. The summed E-state index contributed by atoms with van der Waals surface area (Å²) < 4.78 is 0. The first-order valence-corrected chi connectivity index (χ1v) is 6.24. The van der Waals surface area contributed by atoms with Crippen molar-refractivity contribution in [3.05, 3.63) is 23.5 Å². The molecule has 19 heavy (non-hydrogen) atoms. The van der Waals surface area contributed by atoms with Crippen molar-refractivity contribution in [3.8, 4) is 6.07 Å². The Labute approximate surface area is 112 Å². The number of H-pyrrole nitrogens is 1. The van der Waals surface area contributed by atoms with Gasteiger partial charge >= 0.3 is 0 Å². The van der Waals surface area contributed by atoms with E-state index in [1.54, 1.807) is 0 Å². The van der Waals surface area contributed by atoms with E-state index in [0.29, 0.717) is 24.8 Å². The maximum atomic E-state index is 11.8. The Bertz CT molecular complexity index is 464. The summed E-state index contributed by atoms with van der Waals surface area (Å²) in [6, 6.07) is 3.38. The number of nitrogens with one attached hydrogen (secondary N) is 2. The normalized spacial score (nSPS) is 13.6. The van der Waals surface area contributed by atoms with Gasteiger partial charge in [-0.25, -0.2) is 0 Å². The zero-order chi connectivity index (χ0) is 14.3. The number of carbonyl (C=O) groups is 1. The second-order valence-electron chi connectivity index (χ2n) is 4.50. The van der Waals surface area contributed by atoms with Gasteiger partial charge in [-0.1, -0.05) is 6.92 Å².